The number of carbonyl (C=O) groups is 2. The molecule has 1 aliphatic heterocycles. The number of carbonyl (C=O) groups excluding carboxylic acids is 2. The van der Waals surface area contributed by atoms with Crippen molar-refractivity contribution >= 4 is 35.5 Å². The number of thioether (sulfide) groups is 2. The van der Waals surface area contributed by atoms with Crippen LogP contribution in [0.2, 0.25) is 0 Å². The molecule has 0 aliphatic carbocycles. The summed E-state index contributed by atoms with van der Waals surface area (Å²) in [6, 6.07) is 0. The van der Waals surface area contributed by atoms with Crippen LogP contribution in [0.25, 0.3) is 0 Å². The summed E-state index contributed by atoms with van der Waals surface area (Å²) in [6.07, 6.45) is 1.70. The smallest absolute Gasteiger partial charge is 0.320 e. The van der Waals surface area contributed by atoms with Gasteiger partial charge in [0.25, 0.3) is 0 Å². The summed E-state index contributed by atoms with van der Waals surface area (Å²) in [5.74, 6) is -0.792. The van der Waals surface area contributed by atoms with E-state index in [1.54, 1.807) is 6.08 Å². The van der Waals surface area contributed by atoms with Gasteiger partial charge in [0.1, 0.15) is 10.5 Å². The number of rotatable bonds is 3. The number of hydrogen-bond acceptors (Lipinski definition) is 6. The van der Waals surface area contributed by atoms with Crippen molar-refractivity contribution in [2.45, 2.75) is 15.1 Å². The Bertz CT molecular complexity index is 255. The minimum atomic E-state index is -0.504. The molecule has 0 aromatic heterocycles. The Hall–Kier alpha value is -0.620. The minimum absolute atomic E-state index is 0.0261. The standard InChI is InChI=1S/C9H12O4S2/c1-4-5-14-6(8(10)12-2)7(15-5)9(11)13-3/h4-7H,1H2,2-3H3/t5?,6-,7+. The summed E-state index contributed by atoms with van der Waals surface area (Å²) in [6.45, 7) is 3.64. The third kappa shape index (κ3) is 2.69. The Balaban J connectivity index is 2.78. The first-order valence-electron chi connectivity index (χ1n) is 4.23. The number of ether oxygens (including phenoxy) is 2. The van der Waals surface area contributed by atoms with Crippen LogP contribution in [0.1, 0.15) is 0 Å². The van der Waals surface area contributed by atoms with E-state index in [1.807, 2.05) is 0 Å². The minimum Gasteiger partial charge on any atom is -0.468 e. The molecule has 3 atom stereocenters. The highest BCUT2D eigenvalue weighted by molar-refractivity contribution is 8.21. The molecule has 1 fully saturated rings. The molecule has 0 aromatic rings. The van der Waals surface area contributed by atoms with Crippen molar-refractivity contribution in [1.82, 2.24) is 0 Å². The van der Waals surface area contributed by atoms with Gasteiger partial charge in [-0.15, -0.1) is 30.1 Å². The molecule has 84 valence electrons. The molecule has 1 heterocycles. The third-order valence-corrected chi connectivity index (χ3v) is 5.17. The molecule has 4 nitrogen and oxygen atoms in total. The molecule has 1 rings (SSSR count). The molecule has 0 radical (unpaired) electrons. The number of methoxy groups -OCH3 is 2. The molecule has 15 heavy (non-hydrogen) atoms. The summed E-state index contributed by atoms with van der Waals surface area (Å²) in [4.78, 5) is 22.8. The molecule has 0 N–H and O–H groups in total. The summed E-state index contributed by atoms with van der Waals surface area (Å²) in [5, 5.41) is -1.01. The van der Waals surface area contributed by atoms with Crippen molar-refractivity contribution in [2.24, 2.45) is 0 Å². The first-order chi connectivity index (χ1) is 7.13. The van der Waals surface area contributed by atoms with Gasteiger partial charge in [-0.1, -0.05) is 6.08 Å². The number of hydrogen-bond donors (Lipinski definition) is 0. The van der Waals surface area contributed by atoms with E-state index in [9.17, 15) is 9.59 Å². The molecule has 0 saturated carbocycles. The van der Waals surface area contributed by atoms with E-state index >= 15 is 0 Å². The van der Waals surface area contributed by atoms with E-state index in [0.717, 1.165) is 0 Å². The lowest BCUT2D eigenvalue weighted by molar-refractivity contribution is -0.145. The zero-order valence-corrected chi connectivity index (χ0v) is 10.1. The van der Waals surface area contributed by atoms with E-state index in [0.29, 0.717) is 0 Å². The monoisotopic (exact) mass is 248 g/mol. The fourth-order valence-corrected chi connectivity index (χ4v) is 4.25. The van der Waals surface area contributed by atoms with Crippen LogP contribution in [0.15, 0.2) is 12.7 Å². The van der Waals surface area contributed by atoms with E-state index in [4.69, 9.17) is 0 Å². The van der Waals surface area contributed by atoms with Crippen molar-refractivity contribution in [2.75, 3.05) is 14.2 Å². The van der Waals surface area contributed by atoms with Crippen molar-refractivity contribution < 1.29 is 19.1 Å². The summed E-state index contributed by atoms with van der Waals surface area (Å²) < 4.78 is 9.30. The van der Waals surface area contributed by atoms with Gasteiger partial charge in [0.2, 0.25) is 0 Å². The third-order valence-electron chi connectivity index (χ3n) is 1.90. The van der Waals surface area contributed by atoms with Gasteiger partial charge >= 0.3 is 11.9 Å². The lowest BCUT2D eigenvalue weighted by Crippen LogP contribution is -2.33. The van der Waals surface area contributed by atoms with Crippen molar-refractivity contribution in [1.29, 1.82) is 0 Å². The van der Waals surface area contributed by atoms with Crippen LogP contribution in [-0.4, -0.2) is 41.2 Å². The average molecular weight is 248 g/mol. The Morgan fingerprint density at radius 1 is 1.13 bits per heavy atom. The molecule has 0 amide bonds. The first-order valence-corrected chi connectivity index (χ1v) is 6.11. The van der Waals surface area contributed by atoms with Crippen LogP contribution in [0.3, 0.4) is 0 Å². The zero-order valence-electron chi connectivity index (χ0n) is 8.47. The molecule has 0 spiro atoms. The SMILES string of the molecule is C=CC1S[C@H](C(=O)OC)[C@H](C(=O)OC)S1. The van der Waals surface area contributed by atoms with Crippen LogP contribution in [0.5, 0.6) is 0 Å². The molecule has 0 bridgehead atoms. The Morgan fingerprint density at radius 3 is 1.80 bits per heavy atom. The molecule has 1 saturated heterocycles. The molecule has 1 unspecified atom stereocenters. The molecule has 6 heteroatoms. The van der Waals surface area contributed by atoms with Crippen LogP contribution in [0.4, 0.5) is 0 Å². The molecular formula is C9H12O4S2. The second-order valence-electron chi connectivity index (χ2n) is 2.76. The summed E-state index contributed by atoms with van der Waals surface area (Å²) in [5.41, 5.74) is 0. The topological polar surface area (TPSA) is 52.6 Å². The highest BCUT2D eigenvalue weighted by Crippen LogP contribution is 2.44. The van der Waals surface area contributed by atoms with Gasteiger partial charge in [0.15, 0.2) is 0 Å². The fraction of sp³-hybridized carbons (Fsp3) is 0.556. The Morgan fingerprint density at radius 2 is 1.53 bits per heavy atom. The normalized spacial score (nSPS) is 29.6. The van der Waals surface area contributed by atoms with E-state index in [1.165, 1.54) is 37.7 Å². The zero-order chi connectivity index (χ0) is 11.4. The summed E-state index contributed by atoms with van der Waals surface area (Å²) in [7, 11) is 2.62. The molecule has 1 aliphatic rings. The van der Waals surface area contributed by atoms with Crippen LogP contribution in [0, 0.1) is 0 Å². The van der Waals surface area contributed by atoms with Gasteiger partial charge < -0.3 is 9.47 Å². The van der Waals surface area contributed by atoms with Gasteiger partial charge in [0, 0.05) is 0 Å². The second-order valence-corrected chi connectivity index (χ2v) is 5.64. The van der Waals surface area contributed by atoms with Gasteiger partial charge in [-0.25, -0.2) is 0 Å². The number of esters is 2. The maximum absolute atomic E-state index is 11.4. The van der Waals surface area contributed by atoms with Gasteiger partial charge in [0.05, 0.1) is 18.8 Å². The Kier molecular flexibility index (Phi) is 4.53. The summed E-state index contributed by atoms with van der Waals surface area (Å²) >= 11 is 2.73. The lowest BCUT2D eigenvalue weighted by Gasteiger charge is -2.12. The lowest BCUT2D eigenvalue weighted by atomic mass is 10.3. The van der Waals surface area contributed by atoms with E-state index in [2.05, 4.69) is 16.1 Å². The average Bonchev–Trinajstić information content (AvgIpc) is 2.70. The predicted molar refractivity (Wildman–Crippen MR) is 60.8 cm³/mol. The fourth-order valence-electron chi connectivity index (χ4n) is 1.17. The molecule has 0 aromatic carbocycles. The predicted octanol–water partition coefficient (Wildman–Crippen LogP) is 1.06. The van der Waals surface area contributed by atoms with Crippen LogP contribution >= 0.6 is 23.5 Å². The van der Waals surface area contributed by atoms with E-state index in [-0.39, 0.29) is 4.58 Å². The second kappa shape index (κ2) is 5.46. The molecular weight excluding hydrogens is 236 g/mol. The Labute approximate surface area is 96.8 Å². The van der Waals surface area contributed by atoms with E-state index < -0.39 is 22.4 Å². The highest BCUT2D eigenvalue weighted by Gasteiger charge is 2.44. The van der Waals surface area contributed by atoms with Crippen molar-refractivity contribution in [3.05, 3.63) is 12.7 Å². The van der Waals surface area contributed by atoms with Crippen LogP contribution in [-0.2, 0) is 19.1 Å². The largest absolute Gasteiger partial charge is 0.468 e. The van der Waals surface area contributed by atoms with Gasteiger partial charge in [-0.2, -0.15) is 0 Å². The quantitative estimate of drug-likeness (QED) is 0.550. The highest BCUT2D eigenvalue weighted by atomic mass is 32.2. The van der Waals surface area contributed by atoms with Crippen molar-refractivity contribution in [3.8, 4) is 0 Å². The van der Waals surface area contributed by atoms with Crippen molar-refractivity contribution in [3.63, 3.8) is 0 Å². The first kappa shape index (κ1) is 12.4. The maximum Gasteiger partial charge on any atom is 0.320 e. The van der Waals surface area contributed by atoms with Crippen LogP contribution < -0.4 is 0 Å². The maximum atomic E-state index is 11.4. The van der Waals surface area contributed by atoms with Gasteiger partial charge in [-0.3, -0.25) is 9.59 Å². The van der Waals surface area contributed by atoms with Gasteiger partial charge in [-0.05, 0) is 0 Å².